The molecule has 0 N–H and O–H groups in total. The van der Waals surface area contributed by atoms with Crippen LogP contribution in [-0.2, 0) is 49.9 Å². The fraction of sp³-hybridized carbons (Fsp3) is 0.319. The number of rotatable bonds is 6. The molecule has 0 fully saturated rings. The molecular formula is C47H56Cl2Zr-4. The smallest absolute Gasteiger partial charge is 1.00 e. The van der Waals surface area contributed by atoms with E-state index in [2.05, 4.69) is 178 Å². The average molecular weight is 783 g/mol. The minimum absolute atomic E-state index is 0. The van der Waals surface area contributed by atoms with Gasteiger partial charge in [0.15, 0.2) is 0 Å². The third-order valence-electron chi connectivity index (χ3n) is 8.82. The molecule has 50 heavy (non-hydrogen) atoms. The largest absolute Gasteiger partial charge is 2.00 e. The number of benzene rings is 4. The molecule has 0 heterocycles. The van der Waals surface area contributed by atoms with Crippen LogP contribution in [0.2, 0.25) is 0 Å². The molecule has 0 aliphatic heterocycles. The molecule has 3 heteroatoms. The fourth-order valence-electron chi connectivity index (χ4n) is 6.26. The Labute approximate surface area is 336 Å². The molecule has 0 aliphatic carbocycles. The normalized spacial score (nSPS) is 10.9. The van der Waals surface area contributed by atoms with Gasteiger partial charge in [-0.15, -0.1) is 69.1 Å². The summed E-state index contributed by atoms with van der Waals surface area (Å²) in [5, 5.41) is 5.49. The summed E-state index contributed by atoms with van der Waals surface area (Å²) in [5.41, 5.74) is 11.4. The van der Waals surface area contributed by atoms with E-state index in [1.165, 1.54) is 78.9 Å². The minimum Gasteiger partial charge on any atom is -1.00 e. The summed E-state index contributed by atoms with van der Waals surface area (Å²) >= 11 is 0. The first-order valence-corrected chi connectivity index (χ1v) is 17.6. The van der Waals surface area contributed by atoms with Crippen LogP contribution in [0.3, 0.4) is 0 Å². The van der Waals surface area contributed by atoms with Crippen LogP contribution in [0.15, 0.2) is 109 Å². The Morgan fingerprint density at radius 3 is 1.12 bits per heavy atom. The van der Waals surface area contributed by atoms with Crippen LogP contribution in [0.5, 0.6) is 0 Å². The van der Waals surface area contributed by atoms with Crippen molar-refractivity contribution in [2.75, 3.05) is 0 Å². The second-order valence-electron chi connectivity index (χ2n) is 14.9. The number of hydrogen-bond donors (Lipinski definition) is 0. The van der Waals surface area contributed by atoms with Gasteiger partial charge in [0.2, 0.25) is 0 Å². The van der Waals surface area contributed by atoms with Crippen LogP contribution in [0.1, 0.15) is 96.9 Å². The summed E-state index contributed by atoms with van der Waals surface area (Å²) in [6.45, 7) is 24.8. The van der Waals surface area contributed by atoms with Crippen molar-refractivity contribution in [1.82, 2.24) is 0 Å². The first-order valence-electron chi connectivity index (χ1n) is 17.6. The van der Waals surface area contributed by atoms with E-state index < -0.39 is 0 Å². The predicted octanol–water partition coefficient (Wildman–Crippen LogP) is 8.00. The standard InChI is InChI=1S/2C22H25.C3H6.2ClH.Zr/c2*1-5-7-16-14-18-8-6-9-20(21(18)15-16)17-10-12-19(13-11-17)22(2,3)4;1-3-2;;;/h2*6,8-15H,5,7H2,1-4H3;1-3H2;2*1H;/q2*-1;-2;;;+2/p-2. The average Bonchev–Trinajstić information content (AvgIpc) is 3.65. The molecule has 0 amide bonds. The van der Waals surface area contributed by atoms with E-state index >= 15 is 0 Å². The van der Waals surface area contributed by atoms with Gasteiger partial charge in [-0.1, -0.05) is 140 Å². The van der Waals surface area contributed by atoms with Crippen molar-refractivity contribution in [3.63, 3.8) is 0 Å². The van der Waals surface area contributed by atoms with Crippen LogP contribution < -0.4 is 24.8 Å². The van der Waals surface area contributed by atoms with Crippen molar-refractivity contribution < 1.29 is 51.0 Å². The maximum atomic E-state index is 3.38. The summed E-state index contributed by atoms with van der Waals surface area (Å²) in [4.78, 5) is 0. The summed E-state index contributed by atoms with van der Waals surface area (Å²) < 4.78 is 0. The molecule has 266 valence electrons. The van der Waals surface area contributed by atoms with E-state index in [1.807, 2.05) is 0 Å². The van der Waals surface area contributed by atoms with E-state index in [0.29, 0.717) is 0 Å². The van der Waals surface area contributed by atoms with Gasteiger partial charge in [-0.2, -0.15) is 12.1 Å². The van der Waals surface area contributed by atoms with Crippen LogP contribution >= 0.6 is 0 Å². The third kappa shape index (κ3) is 11.8. The van der Waals surface area contributed by atoms with Crippen LogP contribution in [-0.4, -0.2) is 0 Å². The molecule has 0 radical (unpaired) electrons. The summed E-state index contributed by atoms with van der Waals surface area (Å²) in [6, 6.07) is 40.8. The van der Waals surface area contributed by atoms with Crippen molar-refractivity contribution in [2.45, 2.75) is 98.3 Å². The molecule has 0 atom stereocenters. The molecule has 0 aliphatic rings. The van der Waals surface area contributed by atoms with E-state index in [0.717, 1.165) is 19.3 Å². The molecule has 0 nitrogen and oxygen atoms in total. The number of halogens is 2. The Kier molecular flexibility index (Phi) is 18.7. The van der Waals surface area contributed by atoms with E-state index in [1.54, 1.807) is 0 Å². The second-order valence-corrected chi connectivity index (χ2v) is 14.9. The van der Waals surface area contributed by atoms with Gasteiger partial charge in [0.25, 0.3) is 0 Å². The molecule has 0 bridgehead atoms. The molecule has 6 rings (SSSR count). The summed E-state index contributed by atoms with van der Waals surface area (Å²) in [7, 11) is 0. The van der Waals surface area contributed by atoms with Gasteiger partial charge in [0, 0.05) is 0 Å². The van der Waals surface area contributed by atoms with Gasteiger partial charge in [0.05, 0.1) is 0 Å². The van der Waals surface area contributed by atoms with Gasteiger partial charge in [0.1, 0.15) is 0 Å². The number of hydrogen-bond acceptors (Lipinski definition) is 0. The maximum Gasteiger partial charge on any atom is 2.00 e. The van der Waals surface area contributed by atoms with Gasteiger partial charge in [-0.05, 0) is 45.9 Å². The fourth-order valence-corrected chi connectivity index (χ4v) is 6.26. The quantitative estimate of drug-likeness (QED) is 0.150. The Balaban J connectivity index is 0.000000439. The van der Waals surface area contributed by atoms with Crippen molar-refractivity contribution >= 4 is 21.5 Å². The molecule has 0 aromatic heterocycles. The minimum atomic E-state index is 0. The van der Waals surface area contributed by atoms with Gasteiger partial charge in [-0.25, -0.2) is 0 Å². The van der Waals surface area contributed by atoms with E-state index in [-0.39, 0.29) is 61.8 Å². The van der Waals surface area contributed by atoms with E-state index in [9.17, 15) is 0 Å². The molecular weight excluding hydrogens is 727 g/mol. The monoisotopic (exact) mass is 780 g/mol. The Bertz CT molecular complexity index is 1700. The van der Waals surface area contributed by atoms with Gasteiger partial charge < -0.3 is 45.1 Å². The predicted molar refractivity (Wildman–Crippen MR) is 211 cm³/mol. The topological polar surface area (TPSA) is 0 Å². The van der Waals surface area contributed by atoms with E-state index in [4.69, 9.17) is 0 Å². The second kappa shape index (κ2) is 20.6. The van der Waals surface area contributed by atoms with Crippen LogP contribution in [0.4, 0.5) is 0 Å². The zero-order valence-electron chi connectivity index (χ0n) is 31.6. The Morgan fingerprint density at radius 2 is 0.840 bits per heavy atom. The molecule has 6 aromatic rings. The Morgan fingerprint density at radius 1 is 0.520 bits per heavy atom. The van der Waals surface area contributed by atoms with Gasteiger partial charge in [-0.3, -0.25) is 0 Å². The molecule has 0 saturated heterocycles. The van der Waals surface area contributed by atoms with Crippen molar-refractivity contribution in [1.29, 1.82) is 0 Å². The first kappa shape index (κ1) is 45.6. The summed E-state index contributed by atoms with van der Waals surface area (Å²) in [5.74, 6) is 0. The van der Waals surface area contributed by atoms with Gasteiger partial charge >= 0.3 is 26.2 Å². The molecule has 0 saturated carbocycles. The molecule has 0 unspecified atom stereocenters. The maximum absolute atomic E-state index is 3.38. The first-order chi connectivity index (χ1) is 22.4. The number of fused-ring (bicyclic) bond motifs is 2. The van der Waals surface area contributed by atoms with Crippen molar-refractivity contribution in [2.24, 2.45) is 0 Å². The third-order valence-corrected chi connectivity index (χ3v) is 8.82. The van der Waals surface area contributed by atoms with Crippen molar-refractivity contribution in [3.05, 3.63) is 145 Å². The molecule has 6 aromatic carbocycles. The van der Waals surface area contributed by atoms with Crippen LogP contribution in [0, 0.1) is 13.8 Å². The Hall–Kier alpha value is -2.44. The van der Waals surface area contributed by atoms with Crippen molar-refractivity contribution in [3.8, 4) is 22.3 Å². The number of aryl methyl sites for hydroxylation is 2. The zero-order chi connectivity index (χ0) is 34.2. The SMILES string of the molecule is CCCc1cc2c(-c3ccc(C(C)(C)C)cc3)cccc2[cH-]1.CCCc1cc2c(-c3ccc(C(C)(C)C)cc3)cccc2[cH-]1.[CH2-]C[CH2-].[Cl-].[Cl-].[Zr+2]. The zero-order valence-corrected chi connectivity index (χ0v) is 35.6. The summed E-state index contributed by atoms with van der Waals surface area (Å²) in [6.07, 6.45) is 5.48. The van der Waals surface area contributed by atoms with Crippen LogP contribution in [0.25, 0.3) is 43.8 Å². The molecule has 0 spiro atoms.